The molecule has 1 fully saturated rings. The molecule has 0 radical (unpaired) electrons. The predicted octanol–water partition coefficient (Wildman–Crippen LogP) is 3.12. The van der Waals surface area contributed by atoms with E-state index in [0.29, 0.717) is 11.9 Å². The van der Waals surface area contributed by atoms with Crippen molar-refractivity contribution in [2.45, 2.75) is 45.4 Å². The third-order valence-electron chi connectivity index (χ3n) is 3.30. The molecule has 0 amide bonds. The second-order valence-corrected chi connectivity index (χ2v) is 5.25. The van der Waals surface area contributed by atoms with Crippen LogP contribution in [0.25, 0.3) is 0 Å². The van der Waals surface area contributed by atoms with Crippen LogP contribution in [0.4, 0.5) is 11.9 Å². The molecular formula is C13H22ClN5. The van der Waals surface area contributed by atoms with E-state index >= 15 is 0 Å². The summed E-state index contributed by atoms with van der Waals surface area (Å²) in [5, 5.41) is 3.50. The van der Waals surface area contributed by atoms with Crippen LogP contribution in [0.5, 0.6) is 0 Å². The Bertz CT molecular complexity index is 393. The molecule has 1 aliphatic rings. The van der Waals surface area contributed by atoms with Gasteiger partial charge >= 0.3 is 0 Å². The standard InChI is InChI=1S/C13H22ClN5/c1-2-3-5-8-15-12-16-11(14)17-13(18-12)19-9-6-4-7-10-19/h2-10H2,1H3,(H,15,16,17,18). The van der Waals surface area contributed by atoms with E-state index in [1.165, 1.54) is 32.1 Å². The van der Waals surface area contributed by atoms with E-state index < -0.39 is 0 Å². The molecular weight excluding hydrogens is 262 g/mol. The average molecular weight is 284 g/mol. The van der Waals surface area contributed by atoms with E-state index in [-0.39, 0.29) is 5.28 Å². The fraction of sp³-hybridized carbons (Fsp3) is 0.769. The Balaban J connectivity index is 1.97. The molecule has 1 aromatic heterocycles. The van der Waals surface area contributed by atoms with Crippen molar-refractivity contribution in [3.8, 4) is 0 Å². The highest BCUT2D eigenvalue weighted by Gasteiger charge is 2.15. The van der Waals surface area contributed by atoms with Crippen molar-refractivity contribution in [2.24, 2.45) is 0 Å². The lowest BCUT2D eigenvalue weighted by molar-refractivity contribution is 0.567. The maximum absolute atomic E-state index is 5.98. The third kappa shape index (κ3) is 4.49. The van der Waals surface area contributed by atoms with E-state index in [1.54, 1.807) is 0 Å². The van der Waals surface area contributed by atoms with E-state index in [1.807, 2.05) is 0 Å². The molecule has 106 valence electrons. The van der Waals surface area contributed by atoms with Gasteiger partial charge in [0.15, 0.2) is 0 Å². The molecule has 2 heterocycles. The Morgan fingerprint density at radius 3 is 2.63 bits per heavy atom. The summed E-state index contributed by atoms with van der Waals surface area (Å²) < 4.78 is 0. The Morgan fingerprint density at radius 2 is 1.89 bits per heavy atom. The topological polar surface area (TPSA) is 53.9 Å². The van der Waals surface area contributed by atoms with Gasteiger partial charge in [-0.05, 0) is 37.3 Å². The first-order valence-corrected chi connectivity index (χ1v) is 7.58. The minimum atomic E-state index is 0.272. The molecule has 0 unspecified atom stereocenters. The van der Waals surface area contributed by atoms with Gasteiger partial charge in [0.25, 0.3) is 0 Å². The van der Waals surface area contributed by atoms with Crippen molar-refractivity contribution in [1.82, 2.24) is 15.0 Å². The normalized spacial score (nSPS) is 15.6. The summed E-state index contributed by atoms with van der Waals surface area (Å²) in [7, 11) is 0. The van der Waals surface area contributed by atoms with E-state index in [4.69, 9.17) is 11.6 Å². The van der Waals surface area contributed by atoms with Gasteiger partial charge in [0.05, 0.1) is 0 Å². The van der Waals surface area contributed by atoms with Crippen LogP contribution in [0.2, 0.25) is 5.28 Å². The third-order valence-corrected chi connectivity index (χ3v) is 3.47. The summed E-state index contributed by atoms with van der Waals surface area (Å²) in [6.07, 6.45) is 7.23. The van der Waals surface area contributed by atoms with Crippen molar-refractivity contribution in [3.05, 3.63) is 5.28 Å². The smallest absolute Gasteiger partial charge is 0.231 e. The molecule has 19 heavy (non-hydrogen) atoms. The minimum absolute atomic E-state index is 0.272. The van der Waals surface area contributed by atoms with Crippen LogP contribution in [0.1, 0.15) is 45.4 Å². The number of nitrogens with zero attached hydrogens (tertiary/aromatic N) is 4. The second kappa shape index (κ2) is 7.48. The molecule has 1 aliphatic heterocycles. The quantitative estimate of drug-likeness (QED) is 0.813. The zero-order valence-electron chi connectivity index (χ0n) is 11.5. The molecule has 2 rings (SSSR count). The van der Waals surface area contributed by atoms with Crippen molar-refractivity contribution in [1.29, 1.82) is 0 Å². The Labute approximate surface area is 119 Å². The van der Waals surface area contributed by atoms with Gasteiger partial charge < -0.3 is 10.2 Å². The molecule has 0 bridgehead atoms. The minimum Gasteiger partial charge on any atom is -0.354 e. The molecule has 0 saturated carbocycles. The molecule has 0 aliphatic carbocycles. The Morgan fingerprint density at radius 1 is 1.11 bits per heavy atom. The fourth-order valence-corrected chi connectivity index (χ4v) is 2.38. The van der Waals surface area contributed by atoms with Gasteiger partial charge in [0, 0.05) is 19.6 Å². The van der Waals surface area contributed by atoms with Crippen LogP contribution in [-0.4, -0.2) is 34.6 Å². The molecule has 1 aromatic rings. The van der Waals surface area contributed by atoms with Crippen molar-refractivity contribution in [3.63, 3.8) is 0 Å². The molecule has 5 nitrogen and oxygen atoms in total. The molecule has 6 heteroatoms. The first-order valence-electron chi connectivity index (χ1n) is 7.20. The zero-order chi connectivity index (χ0) is 13.5. The number of piperidine rings is 1. The number of hydrogen-bond acceptors (Lipinski definition) is 5. The van der Waals surface area contributed by atoms with Gasteiger partial charge in [-0.25, -0.2) is 0 Å². The van der Waals surface area contributed by atoms with E-state index in [2.05, 4.69) is 32.1 Å². The number of anilines is 2. The maximum atomic E-state index is 5.98. The number of halogens is 1. The number of aromatic nitrogens is 3. The monoisotopic (exact) mass is 283 g/mol. The van der Waals surface area contributed by atoms with Gasteiger partial charge in [-0.15, -0.1) is 0 Å². The highest BCUT2D eigenvalue weighted by Crippen LogP contribution is 2.18. The van der Waals surface area contributed by atoms with Crippen LogP contribution in [-0.2, 0) is 0 Å². The van der Waals surface area contributed by atoms with Crippen LogP contribution < -0.4 is 10.2 Å². The second-order valence-electron chi connectivity index (χ2n) is 4.91. The predicted molar refractivity (Wildman–Crippen MR) is 78.9 cm³/mol. The highest BCUT2D eigenvalue weighted by atomic mass is 35.5. The van der Waals surface area contributed by atoms with Crippen molar-refractivity contribution < 1.29 is 0 Å². The first-order chi connectivity index (χ1) is 9.29. The fourth-order valence-electron chi connectivity index (χ4n) is 2.23. The number of unbranched alkanes of at least 4 members (excludes halogenated alkanes) is 2. The molecule has 1 saturated heterocycles. The van der Waals surface area contributed by atoms with Crippen molar-refractivity contribution >= 4 is 23.5 Å². The largest absolute Gasteiger partial charge is 0.354 e. The lowest BCUT2D eigenvalue weighted by atomic mass is 10.1. The van der Waals surface area contributed by atoms with Crippen LogP contribution >= 0.6 is 11.6 Å². The maximum Gasteiger partial charge on any atom is 0.231 e. The number of hydrogen-bond donors (Lipinski definition) is 1. The van der Waals surface area contributed by atoms with Gasteiger partial charge in [-0.1, -0.05) is 19.8 Å². The lowest BCUT2D eigenvalue weighted by Crippen LogP contribution is -2.31. The van der Waals surface area contributed by atoms with Gasteiger partial charge in [-0.3, -0.25) is 0 Å². The van der Waals surface area contributed by atoms with Gasteiger partial charge in [-0.2, -0.15) is 15.0 Å². The van der Waals surface area contributed by atoms with Gasteiger partial charge in [0.2, 0.25) is 17.2 Å². The van der Waals surface area contributed by atoms with Crippen LogP contribution in [0.3, 0.4) is 0 Å². The van der Waals surface area contributed by atoms with Gasteiger partial charge in [0.1, 0.15) is 0 Å². The zero-order valence-corrected chi connectivity index (χ0v) is 12.3. The van der Waals surface area contributed by atoms with Crippen LogP contribution in [0.15, 0.2) is 0 Å². The summed E-state index contributed by atoms with van der Waals surface area (Å²) in [6.45, 7) is 5.09. The molecule has 0 spiro atoms. The van der Waals surface area contributed by atoms with E-state index in [0.717, 1.165) is 26.1 Å². The summed E-state index contributed by atoms with van der Waals surface area (Å²) in [4.78, 5) is 15.0. The molecule has 1 N–H and O–H groups in total. The molecule has 0 atom stereocenters. The van der Waals surface area contributed by atoms with E-state index in [9.17, 15) is 0 Å². The molecule has 0 aromatic carbocycles. The summed E-state index contributed by atoms with van der Waals surface area (Å²) >= 11 is 5.98. The number of nitrogens with one attached hydrogen (secondary N) is 1. The van der Waals surface area contributed by atoms with Crippen LogP contribution in [0, 0.1) is 0 Å². The Hall–Kier alpha value is -1.10. The number of rotatable bonds is 6. The average Bonchev–Trinajstić information content (AvgIpc) is 2.44. The first kappa shape index (κ1) is 14.3. The lowest BCUT2D eigenvalue weighted by Gasteiger charge is -2.26. The summed E-state index contributed by atoms with van der Waals surface area (Å²) in [5.41, 5.74) is 0. The highest BCUT2D eigenvalue weighted by molar-refractivity contribution is 6.28. The Kier molecular flexibility index (Phi) is 5.63. The SMILES string of the molecule is CCCCCNc1nc(Cl)nc(N2CCCCC2)n1. The summed E-state index contributed by atoms with van der Waals surface area (Å²) in [6, 6.07) is 0. The summed E-state index contributed by atoms with van der Waals surface area (Å²) in [5.74, 6) is 1.30. The van der Waals surface area contributed by atoms with Crippen molar-refractivity contribution in [2.75, 3.05) is 29.9 Å².